The molecule has 3 rings (SSSR count). The minimum atomic E-state index is 0.660. The number of nitrogens with zero attached hydrogens (tertiary/aromatic N) is 2. The average molecular weight is 361 g/mol. The lowest BCUT2D eigenvalue weighted by atomic mass is 10.2. The van der Waals surface area contributed by atoms with E-state index in [1.165, 1.54) is 10.5 Å². The van der Waals surface area contributed by atoms with E-state index >= 15 is 0 Å². The van der Waals surface area contributed by atoms with Gasteiger partial charge in [0.25, 0.3) is 0 Å². The highest BCUT2D eigenvalue weighted by Crippen LogP contribution is 2.24. The van der Waals surface area contributed by atoms with Gasteiger partial charge in [0.15, 0.2) is 0 Å². The fraction of sp³-hybridized carbons (Fsp3) is 0.125. The van der Waals surface area contributed by atoms with Gasteiger partial charge in [-0.25, -0.2) is 0 Å². The molecule has 0 radical (unpaired) electrons. The van der Waals surface area contributed by atoms with Crippen LogP contribution in [0, 0.1) is 0 Å². The van der Waals surface area contributed by atoms with E-state index in [1.54, 1.807) is 11.8 Å². The van der Waals surface area contributed by atoms with E-state index in [4.69, 9.17) is 4.42 Å². The Bertz CT molecular complexity index is 698. The van der Waals surface area contributed by atoms with E-state index in [9.17, 15) is 0 Å². The zero-order chi connectivity index (χ0) is 14.5. The Morgan fingerprint density at radius 3 is 2.38 bits per heavy atom. The van der Waals surface area contributed by atoms with Crippen molar-refractivity contribution in [3.05, 3.63) is 76.4 Å². The summed E-state index contributed by atoms with van der Waals surface area (Å²) in [6, 6.07) is 18.3. The predicted molar refractivity (Wildman–Crippen MR) is 87.2 cm³/mol. The Kier molecular flexibility index (Phi) is 4.72. The summed E-state index contributed by atoms with van der Waals surface area (Å²) in [5.41, 5.74) is 1.17. The Morgan fingerprint density at radius 2 is 1.62 bits per heavy atom. The molecule has 0 aliphatic rings. The quantitative estimate of drug-likeness (QED) is 0.617. The second-order valence-corrected chi connectivity index (χ2v) is 6.46. The molecule has 3 nitrogen and oxygen atoms in total. The van der Waals surface area contributed by atoms with Gasteiger partial charge in [0.1, 0.15) is 0 Å². The summed E-state index contributed by atoms with van der Waals surface area (Å²) >= 11 is 5.11. The van der Waals surface area contributed by atoms with Crippen molar-refractivity contribution in [2.45, 2.75) is 17.1 Å². The van der Waals surface area contributed by atoms with Crippen LogP contribution in [0.25, 0.3) is 0 Å². The molecule has 0 aliphatic carbocycles. The molecule has 5 heteroatoms. The summed E-state index contributed by atoms with van der Waals surface area (Å²) in [6.07, 6.45) is 0.677. The van der Waals surface area contributed by atoms with Crippen LogP contribution in [0.3, 0.4) is 0 Å². The zero-order valence-electron chi connectivity index (χ0n) is 11.2. The van der Waals surface area contributed by atoms with Crippen molar-refractivity contribution >= 4 is 27.7 Å². The maximum atomic E-state index is 5.68. The number of thioether (sulfide) groups is 1. The summed E-state index contributed by atoms with van der Waals surface area (Å²) in [5.74, 6) is 2.00. The minimum Gasteiger partial charge on any atom is -0.424 e. The van der Waals surface area contributed by atoms with Gasteiger partial charge in [-0.05, 0) is 29.8 Å². The van der Waals surface area contributed by atoms with Crippen LogP contribution in [0.1, 0.15) is 17.3 Å². The molecule has 3 aromatic rings. The van der Waals surface area contributed by atoms with Gasteiger partial charge in [-0.15, -0.1) is 22.0 Å². The van der Waals surface area contributed by atoms with Crippen molar-refractivity contribution < 1.29 is 4.42 Å². The molecule has 0 saturated carbocycles. The molecule has 0 unspecified atom stereocenters. The maximum absolute atomic E-state index is 5.68. The molecule has 1 heterocycles. The molecule has 0 amide bonds. The second-order valence-electron chi connectivity index (χ2n) is 4.49. The van der Waals surface area contributed by atoms with Gasteiger partial charge in [0, 0.05) is 9.37 Å². The maximum Gasteiger partial charge on any atom is 0.226 e. The van der Waals surface area contributed by atoms with Gasteiger partial charge in [0.05, 0.1) is 12.2 Å². The first-order chi connectivity index (χ1) is 10.3. The van der Waals surface area contributed by atoms with Crippen LogP contribution in [0.4, 0.5) is 0 Å². The predicted octanol–water partition coefficient (Wildman–Crippen LogP) is 4.72. The average Bonchev–Trinajstić information content (AvgIpc) is 2.95. The molecule has 106 valence electrons. The number of hydrogen-bond acceptors (Lipinski definition) is 4. The van der Waals surface area contributed by atoms with E-state index in [0.29, 0.717) is 24.0 Å². The van der Waals surface area contributed by atoms with Gasteiger partial charge in [-0.2, -0.15) is 0 Å². The Morgan fingerprint density at radius 1 is 0.905 bits per heavy atom. The summed E-state index contributed by atoms with van der Waals surface area (Å²) in [7, 11) is 0. The third-order valence-corrected chi connectivity index (χ3v) is 4.41. The summed E-state index contributed by atoms with van der Waals surface area (Å²) in [5, 5.41) is 8.20. The number of halogens is 1. The van der Waals surface area contributed by atoms with Crippen LogP contribution in [0.15, 0.2) is 68.4 Å². The van der Waals surface area contributed by atoms with Crippen LogP contribution >= 0.6 is 27.7 Å². The molecule has 0 aliphatic heterocycles. The Balaban J connectivity index is 1.59. The largest absolute Gasteiger partial charge is 0.424 e. The van der Waals surface area contributed by atoms with Crippen molar-refractivity contribution in [2.24, 2.45) is 0 Å². The lowest BCUT2D eigenvalue weighted by molar-refractivity contribution is 0.474. The molecule has 0 spiro atoms. The van der Waals surface area contributed by atoms with E-state index in [0.717, 1.165) is 4.47 Å². The first kappa shape index (κ1) is 14.4. The molecular formula is C16H13BrN2OS. The highest BCUT2D eigenvalue weighted by atomic mass is 79.9. The first-order valence-corrected chi connectivity index (χ1v) is 8.31. The van der Waals surface area contributed by atoms with Crippen LogP contribution in [0.5, 0.6) is 0 Å². The lowest BCUT2D eigenvalue weighted by Gasteiger charge is -1.98. The smallest absolute Gasteiger partial charge is 0.226 e. The van der Waals surface area contributed by atoms with Gasteiger partial charge in [-0.1, -0.05) is 46.3 Å². The van der Waals surface area contributed by atoms with Crippen molar-refractivity contribution in [1.29, 1.82) is 0 Å². The van der Waals surface area contributed by atoms with Crippen LogP contribution < -0.4 is 0 Å². The van der Waals surface area contributed by atoms with Crippen molar-refractivity contribution in [3.63, 3.8) is 0 Å². The van der Waals surface area contributed by atoms with Gasteiger partial charge < -0.3 is 4.42 Å². The van der Waals surface area contributed by atoms with Gasteiger partial charge in [0.2, 0.25) is 11.8 Å². The number of rotatable bonds is 5. The number of benzene rings is 2. The Hall–Kier alpha value is -1.59. The second kappa shape index (κ2) is 6.91. The van der Waals surface area contributed by atoms with Gasteiger partial charge >= 0.3 is 0 Å². The summed E-state index contributed by atoms with van der Waals surface area (Å²) in [4.78, 5) is 1.18. The van der Waals surface area contributed by atoms with Crippen molar-refractivity contribution in [1.82, 2.24) is 10.2 Å². The zero-order valence-corrected chi connectivity index (χ0v) is 13.6. The minimum absolute atomic E-state index is 0.660. The third-order valence-electron chi connectivity index (χ3n) is 2.88. The van der Waals surface area contributed by atoms with Crippen LogP contribution in [-0.2, 0) is 12.2 Å². The normalized spacial score (nSPS) is 10.7. The molecule has 0 atom stereocenters. The molecule has 1 aromatic heterocycles. The summed E-state index contributed by atoms with van der Waals surface area (Å²) < 4.78 is 6.76. The highest BCUT2D eigenvalue weighted by molar-refractivity contribution is 9.10. The SMILES string of the molecule is Brc1ccc(SCc2nnc(Cc3ccccc3)o2)cc1. The molecule has 21 heavy (non-hydrogen) atoms. The van der Waals surface area contributed by atoms with E-state index < -0.39 is 0 Å². The lowest BCUT2D eigenvalue weighted by Crippen LogP contribution is -1.87. The standard InChI is InChI=1S/C16H13BrN2OS/c17-13-6-8-14(9-7-13)21-11-16-19-18-15(20-16)10-12-4-2-1-3-5-12/h1-9H,10-11H2. The van der Waals surface area contributed by atoms with E-state index in [1.807, 2.05) is 30.3 Å². The molecule has 2 aromatic carbocycles. The molecule has 0 fully saturated rings. The van der Waals surface area contributed by atoms with E-state index in [-0.39, 0.29) is 0 Å². The monoisotopic (exact) mass is 360 g/mol. The molecule has 0 saturated heterocycles. The topological polar surface area (TPSA) is 38.9 Å². The van der Waals surface area contributed by atoms with E-state index in [2.05, 4.69) is 50.4 Å². The number of aromatic nitrogens is 2. The van der Waals surface area contributed by atoms with Crippen LogP contribution in [0.2, 0.25) is 0 Å². The molecule has 0 N–H and O–H groups in total. The van der Waals surface area contributed by atoms with Gasteiger partial charge in [-0.3, -0.25) is 0 Å². The first-order valence-electron chi connectivity index (χ1n) is 6.53. The Labute approximate surface area is 135 Å². The fourth-order valence-corrected chi connectivity index (χ4v) is 2.86. The fourth-order valence-electron chi connectivity index (χ4n) is 1.86. The molecular weight excluding hydrogens is 348 g/mol. The third kappa shape index (κ3) is 4.19. The molecule has 0 bridgehead atoms. The number of hydrogen-bond donors (Lipinski definition) is 0. The van der Waals surface area contributed by atoms with Crippen molar-refractivity contribution in [3.8, 4) is 0 Å². The van der Waals surface area contributed by atoms with Crippen LogP contribution in [-0.4, -0.2) is 10.2 Å². The highest BCUT2D eigenvalue weighted by Gasteiger charge is 2.07. The van der Waals surface area contributed by atoms with Crippen molar-refractivity contribution in [2.75, 3.05) is 0 Å². The summed E-state index contributed by atoms with van der Waals surface area (Å²) in [6.45, 7) is 0.